The van der Waals surface area contributed by atoms with Gasteiger partial charge < -0.3 is 5.32 Å². The molecule has 0 aliphatic heterocycles. The summed E-state index contributed by atoms with van der Waals surface area (Å²) in [6.07, 6.45) is 1.85. The predicted molar refractivity (Wildman–Crippen MR) is 90.3 cm³/mol. The van der Waals surface area contributed by atoms with Gasteiger partial charge in [0.2, 0.25) is 5.91 Å². The lowest BCUT2D eigenvalue weighted by Crippen LogP contribution is -2.22. The van der Waals surface area contributed by atoms with Crippen molar-refractivity contribution in [1.82, 2.24) is 0 Å². The van der Waals surface area contributed by atoms with Crippen LogP contribution in [0.5, 0.6) is 0 Å². The first kappa shape index (κ1) is 15.9. The fourth-order valence-corrected chi connectivity index (χ4v) is 4.27. The zero-order valence-electron chi connectivity index (χ0n) is 12.6. The lowest BCUT2D eigenvalue weighted by molar-refractivity contribution is -0.115. The molecule has 3 nitrogen and oxygen atoms in total. The summed E-state index contributed by atoms with van der Waals surface area (Å²) in [5.41, 5.74) is 3.08. The van der Waals surface area contributed by atoms with E-state index in [-0.39, 0.29) is 23.4 Å². The van der Waals surface area contributed by atoms with Crippen molar-refractivity contribution in [3.63, 3.8) is 0 Å². The summed E-state index contributed by atoms with van der Waals surface area (Å²) in [5.74, 6) is -0.184. The smallest absolute Gasteiger partial charge is 0.225 e. The number of hydrogen-bond acceptors (Lipinski definition) is 2. The summed E-state index contributed by atoms with van der Waals surface area (Å²) in [5, 5.41) is 2.79. The van der Waals surface area contributed by atoms with Crippen molar-refractivity contribution in [2.75, 3.05) is 11.1 Å². The van der Waals surface area contributed by atoms with E-state index in [9.17, 15) is 13.4 Å². The lowest BCUT2D eigenvalue weighted by atomic mass is 10.1. The zero-order chi connectivity index (χ0) is 16.2. The van der Waals surface area contributed by atoms with Crippen LogP contribution in [0, 0.1) is 5.82 Å². The van der Waals surface area contributed by atoms with Gasteiger partial charge in [0.25, 0.3) is 0 Å². The van der Waals surface area contributed by atoms with E-state index in [4.69, 9.17) is 0 Å². The third-order valence-electron chi connectivity index (χ3n) is 4.04. The van der Waals surface area contributed by atoms with Crippen molar-refractivity contribution in [2.45, 2.75) is 24.5 Å². The molecule has 120 valence electrons. The van der Waals surface area contributed by atoms with Gasteiger partial charge in [0.15, 0.2) is 0 Å². The monoisotopic (exact) mass is 331 g/mol. The summed E-state index contributed by atoms with van der Waals surface area (Å²) in [4.78, 5) is 11.9. The van der Waals surface area contributed by atoms with Crippen LogP contribution in [0.1, 0.15) is 17.5 Å². The molecule has 0 spiro atoms. The van der Waals surface area contributed by atoms with Gasteiger partial charge in [-0.25, -0.2) is 4.39 Å². The Bertz CT molecular complexity index is 705. The molecule has 1 aliphatic carbocycles. The van der Waals surface area contributed by atoms with Gasteiger partial charge in [0.1, 0.15) is 5.82 Å². The molecular weight excluding hydrogens is 313 g/mol. The number of anilines is 1. The summed E-state index contributed by atoms with van der Waals surface area (Å²) in [6.45, 7) is 0. The summed E-state index contributed by atoms with van der Waals surface area (Å²) in [6, 6.07) is 13.8. The quantitative estimate of drug-likeness (QED) is 0.915. The number of amides is 1. The molecule has 2 aromatic rings. The first-order chi connectivity index (χ1) is 11.1. The first-order valence-corrected chi connectivity index (χ1v) is 8.99. The summed E-state index contributed by atoms with van der Waals surface area (Å²) < 4.78 is 25.2. The molecule has 0 saturated heterocycles. The summed E-state index contributed by atoms with van der Waals surface area (Å²) in [7, 11) is -1.02. The van der Waals surface area contributed by atoms with Crippen LogP contribution >= 0.6 is 0 Å². The molecule has 0 radical (unpaired) electrons. The molecule has 0 bridgehead atoms. The fraction of sp³-hybridized carbons (Fsp3) is 0.278. The minimum absolute atomic E-state index is 0.103. The second-order valence-electron chi connectivity index (χ2n) is 5.69. The Morgan fingerprint density at radius 1 is 1.09 bits per heavy atom. The second kappa shape index (κ2) is 7.04. The number of rotatable bonds is 5. The Labute approximate surface area is 137 Å². The topological polar surface area (TPSA) is 46.2 Å². The van der Waals surface area contributed by atoms with E-state index in [0.29, 0.717) is 11.4 Å². The van der Waals surface area contributed by atoms with Gasteiger partial charge in [-0.15, -0.1) is 0 Å². The van der Waals surface area contributed by atoms with Crippen LogP contribution in [-0.4, -0.2) is 21.1 Å². The van der Waals surface area contributed by atoms with Gasteiger partial charge >= 0.3 is 0 Å². The van der Waals surface area contributed by atoms with Gasteiger partial charge in [-0.1, -0.05) is 24.3 Å². The van der Waals surface area contributed by atoms with Crippen LogP contribution in [0.3, 0.4) is 0 Å². The largest absolute Gasteiger partial charge is 0.326 e. The Hall–Kier alpha value is -2.01. The van der Waals surface area contributed by atoms with Crippen LogP contribution in [0.4, 0.5) is 10.1 Å². The Balaban J connectivity index is 1.48. The van der Waals surface area contributed by atoms with Crippen molar-refractivity contribution in [3.05, 3.63) is 65.5 Å². The molecule has 1 N–H and O–H groups in total. The molecule has 0 heterocycles. The van der Waals surface area contributed by atoms with Crippen LogP contribution < -0.4 is 5.32 Å². The standard InChI is InChI=1S/C18H18FNO2S/c19-15-5-7-16(8-6-15)20-18(21)9-10-23(22)17-11-13-3-1-2-4-14(13)12-17/h1-8,17H,9-12H2,(H,20,21)/t23-/m1/s1. The van der Waals surface area contributed by atoms with E-state index in [2.05, 4.69) is 17.4 Å². The number of nitrogens with one attached hydrogen (secondary N) is 1. The number of carbonyl (C=O) groups excluding carboxylic acids is 1. The minimum atomic E-state index is -1.02. The Morgan fingerprint density at radius 2 is 1.70 bits per heavy atom. The predicted octanol–water partition coefficient (Wildman–Crippen LogP) is 3.07. The van der Waals surface area contributed by atoms with Crippen molar-refractivity contribution in [2.24, 2.45) is 0 Å². The maximum absolute atomic E-state index is 12.8. The molecule has 1 amide bonds. The zero-order valence-corrected chi connectivity index (χ0v) is 13.4. The molecule has 2 aromatic carbocycles. The molecule has 5 heteroatoms. The maximum atomic E-state index is 12.8. The molecule has 0 saturated carbocycles. The molecule has 0 aromatic heterocycles. The van der Waals surface area contributed by atoms with E-state index in [1.54, 1.807) is 0 Å². The molecule has 1 atom stereocenters. The van der Waals surface area contributed by atoms with Gasteiger partial charge in [-0.2, -0.15) is 0 Å². The third-order valence-corrected chi connectivity index (χ3v) is 5.73. The highest BCUT2D eigenvalue weighted by Gasteiger charge is 2.26. The number of hydrogen-bond donors (Lipinski definition) is 1. The van der Waals surface area contributed by atoms with E-state index in [0.717, 1.165) is 12.8 Å². The van der Waals surface area contributed by atoms with Crippen LogP contribution in [0.25, 0.3) is 0 Å². The Kier molecular flexibility index (Phi) is 4.86. The number of carbonyl (C=O) groups is 1. The van der Waals surface area contributed by atoms with Crippen molar-refractivity contribution >= 4 is 22.4 Å². The number of fused-ring (bicyclic) bond motifs is 1. The maximum Gasteiger partial charge on any atom is 0.225 e. The third kappa shape index (κ3) is 4.05. The van der Waals surface area contributed by atoms with Crippen molar-refractivity contribution < 1.29 is 13.4 Å². The second-order valence-corrected chi connectivity index (χ2v) is 7.53. The van der Waals surface area contributed by atoms with E-state index >= 15 is 0 Å². The molecule has 0 fully saturated rings. The van der Waals surface area contributed by atoms with Gasteiger partial charge in [0, 0.05) is 33.9 Å². The fourth-order valence-electron chi connectivity index (χ4n) is 2.82. The highest BCUT2D eigenvalue weighted by molar-refractivity contribution is 7.85. The molecule has 3 rings (SSSR count). The van der Waals surface area contributed by atoms with E-state index < -0.39 is 10.8 Å². The Morgan fingerprint density at radius 3 is 2.30 bits per heavy atom. The van der Waals surface area contributed by atoms with Crippen LogP contribution in [0.2, 0.25) is 0 Å². The van der Waals surface area contributed by atoms with E-state index in [1.165, 1.54) is 35.4 Å². The minimum Gasteiger partial charge on any atom is -0.326 e. The normalized spacial score (nSPS) is 15.2. The average molecular weight is 331 g/mol. The number of benzene rings is 2. The van der Waals surface area contributed by atoms with Crippen molar-refractivity contribution in [3.8, 4) is 0 Å². The highest BCUT2D eigenvalue weighted by Crippen LogP contribution is 2.25. The number of halogens is 1. The van der Waals surface area contributed by atoms with Crippen molar-refractivity contribution in [1.29, 1.82) is 0 Å². The van der Waals surface area contributed by atoms with Crippen LogP contribution in [-0.2, 0) is 28.4 Å². The molecule has 0 unspecified atom stereocenters. The SMILES string of the molecule is O=C(CC[S@@](=O)C1Cc2ccccc2C1)Nc1ccc(F)cc1. The van der Waals surface area contributed by atoms with E-state index in [1.807, 2.05) is 12.1 Å². The summed E-state index contributed by atoms with van der Waals surface area (Å²) >= 11 is 0. The lowest BCUT2D eigenvalue weighted by Gasteiger charge is -2.09. The van der Waals surface area contributed by atoms with Gasteiger partial charge in [-0.05, 0) is 48.2 Å². The first-order valence-electron chi connectivity index (χ1n) is 7.61. The van der Waals surface area contributed by atoms with Gasteiger partial charge in [-0.3, -0.25) is 9.00 Å². The molecule has 23 heavy (non-hydrogen) atoms. The van der Waals surface area contributed by atoms with Crippen LogP contribution in [0.15, 0.2) is 48.5 Å². The highest BCUT2D eigenvalue weighted by atomic mass is 32.2. The average Bonchev–Trinajstić information content (AvgIpc) is 2.99. The molecular formula is C18H18FNO2S. The van der Waals surface area contributed by atoms with Gasteiger partial charge in [0.05, 0.1) is 0 Å². The molecule has 1 aliphatic rings.